The molecule has 1 atom stereocenters. The molecule has 0 aromatic heterocycles. The summed E-state index contributed by atoms with van der Waals surface area (Å²) in [5.41, 5.74) is 2.20. The molecule has 2 rings (SSSR count). The molecule has 0 amide bonds. The van der Waals surface area contributed by atoms with Gasteiger partial charge >= 0.3 is 0 Å². The molecule has 1 fully saturated rings. The Hall–Kier alpha value is -0.910. The lowest BCUT2D eigenvalue weighted by atomic mass is 10.1. The average Bonchev–Trinajstić information content (AvgIpc) is 2.88. The minimum Gasteiger partial charge on any atom is -0.313 e. The van der Waals surface area contributed by atoms with Crippen LogP contribution in [0.15, 0.2) is 23.1 Å². The van der Waals surface area contributed by atoms with Crippen molar-refractivity contribution in [3.63, 3.8) is 0 Å². The number of sulfonamides is 1. The zero-order valence-corrected chi connectivity index (χ0v) is 14.0. The van der Waals surface area contributed by atoms with Crippen molar-refractivity contribution in [3.8, 4) is 0 Å². The SMILES string of the molecule is CCCNCc1cc(S(=O)(=O)N2CCC(C)C2)ccc1C. The average molecular weight is 310 g/mol. The Balaban J connectivity index is 2.21. The van der Waals surface area contributed by atoms with Crippen LogP contribution >= 0.6 is 0 Å². The van der Waals surface area contributed by atoms with E-state index in [2.05, 4.69) is 19.2 Å². The van der Waals surface area contributed by atoms with Crippen molar-refractivity contribution in [3.05, 3.63) is 29.3 Å². The highest BCUT2D eigenvalue weighted by Crippen LogP contribution is 2.25. The van der Waals surface area contributed by atoms with Crippen LogP contribution in [-0.4, -0.2) is 32.4 Å². The monoisotopic (exact) mass is 310 g/mol. The first kappa shape index (κ1) is 16.5. The third-order valence-corrected chi connectivity index (χ3v) is 5.95. The summed E-state index contributed by atoms with van der Waals surface area (Å²) in [6, 6.07) is 5.47. The van der Waals surface area contributed by atoms with Gasteiger partial charge in [-0.3, -0.25) is 0 Å². The van der Waals surface area contributed by atoms with E-state index in [4.69, 9.17) is 0 Å². The first-order chi connectivity index (χ1) is 9.95. The van der Waals surface area contributed by atoms with E-state index in [-0.39, 0.29) is 0 Å². The van der Waals surface area contributed by atoms with E-state index in [0.717, 1.165) is 37.1 Å². The summed E-state index contributed by atoms with van der Waals surface area (Å²) in [5.74, 6) is 0.455. The summed E-state index contributed by atoms with van der Waals surface area (Å²) in [4.78, 5) is 0.426. The Bertz CT molecular complexity index is 584. The smallest absolute Gasteiger partial charge is 0.243 e. The fourth-order valence-electron chi connectivity index (χ4n) is 2.66. The van der Waals surface area contributed by atoms with Crippen molar-refractivity contribution in [1.29, 1.82) is 0 Å². The first-order valence-corrected chi connectivity index (χ1v) is 9.19. The number of benzene rings is 1. The maximum atomic E-state index is 12.7. The van der Waals surface area contributed by atoms with E-state index < -0.39 is 10.0 Å². The van der Waals surface area contributed by atoms with Gasteiger partial charge in [0.15, 0.2) is 0 Å². The summed E-state index contributed by atoms with van der Waals surface area (Å²) in [6.45, 7) is 9.19. The Morgan fingerprint density at radius 2 is 2.14 bits per heavy atom. The van der Waals surface area contributed by atoms with Gasteiger partial charge in [0.2, 0.25) is 10.0 Å². The van der Waals surface area contributed by atoms with Crippen LogP contribution in [0.25, 0.3) is 0 Å². The molecule has 1 aliphatic rings. The van der Waals surface area contributed by atoms with Gasteiger partial charge in [0.1, 0.15) is 0 Å². The lowest BCUT2D eigenvalue weighted by molar-refractivity contribution is 0.464. The van der Waals surface area contributed by atoms with Crippen LogP contribution < -0.4 is 5.32 Å². The van der Waals surface area contributed by atoms with E-state index >= 15 is 0 Å². The molecule has 1 heterocycles. The van der Waals surface area contributed by atoms with Crippen LogP contribution in [0.2, 0.25) is 0 Å². The number of rotatable bonds is 6. The molecule has 0 saturated carbocycles. The predicted octanol–water partition coefficient (Wildman–Crippen LogP) is 2.53. The zero-order valence-electron chi connectivity index (χ0n) is 13.2. The van der Waals surface area contributed by atoms with E-state index in [1.165, 1.54) is 0 Å². The Labute approximate surface area is 128 Å². The van der Waals surface area contributed by atoms with Gasteiger partial charge in [0.05, 0.1) is 4.90 Å². The predicted molar refractivity (Wildman–Crippen MR) is 85.7 cm³/mol. The fraction of sp³-hybridized carbons (Fsp3) is 0.625. The molecule has 1 saturated heterocycles. The normalized spacial score (nSPS) is 20.0. The van der Waals surface area contributed by atoms with Crippen molar-refractivity contribution >= 4 is 10.0 Å². The van der Waals surface area contributed by atoms with Crippen molar-refractivity contribution < 1.29 is 8.42 Å². The third-order valence-electron chi connectivity index (χ3n) is 4.09. The summed E-state index contributed by atoms with van der Waals surface area (Å²) in [6.07, 6.45) is 2.03. The minimum absolute atomic E-state index is 0.426. The largest absolute Gasteiger partial charge is 0.313 e. The number of nitrogens with one attached hydrogen (secondary N) is 1. The maximum Gasteiger partial charge on any atom is 0.243 e. The molecule has 1 N–H and O–H groups in total. The van der Waals surface area contributed by atoms with Crippen molar-refractivity contribution in [2.24, 2.45) is 5.92 Å². The topological polar surface area (TPSA) is 49.4 Å². The summed E-state index contributed by atoms with van der Waals surface area (Å²) >= 11 is 0. The molecule has 0 bridgehead atoms. The molecular weight excluding hydrogens is 284 g/mol. The fourth-order valence-corrected chi connectivity index (χ4v) is 4.29. The molecule has 118 valence electrons. The van der Waals surface area contributed by atoms with Gasteiger partial charge in [0.25, 0.3) is 0 Å². The zero-order chi connectivity index (χ0) is 15.5. The highest BCUT2D eigenvalue weighted by Gasteiger charge is 2.30. The highest BCUT2D eigenvalue weighted by molar-refractivity contribution is 7.89. The number of nitrogens with zero attached hydrogens (tertiary/aromatic N) is 1. The van der Waals surface area contributed by atoms with Crippen LogP contribution in [0.1, 0.15) is 37.8 Å². The lowest BCUT2D eigenvalue weighted by Gasteiger charge is -2.17. The molecule has 0 spiro atoms. The van der Waals surface area contributed by atoms with Gasteiger partial charge in [-0.1, -0.05) is 19.9 Å². The van der Waals surface area contributed by atoms with Crippen LogP contribution in [0.4, 0.5) is 0 Å². The van der Waals surface area contributed by atoms with Crippen LogP contribution in [0.3, 0.4) is 0 Å². The van der Waals surface area contributed by atoms with Gasteiger partial charge < -0.3 is 5.32 Å². The van der Waals surface area contributed by atoms with Crippen LogP contribution in [-0.2, 0) is 16.6 Å². The van der Waals surface area contributed by atoms with E-state index in [9.17, 15) is 8.42 Å². The molecule has 4 nitrogen and oxygen atoms in total. The maximum absolute atomic E-state index is 12.7. The first-order valence-electron chi connectivity index (χ1n) is 7.75. The Morgan fingerprint density at radius 1 is 1.38 bits per heavy atom. The second-order valence-electron chi connectivity index (χ2n) is 6.02. The molecule has 0 aliphatic carbocycles. The molecule has 1 aromatic carbocycles. The van der Waals surface area contributed by atoms with Crippen molar-refractivity contribution in [2.45, 2.75) is 45.1 Å². The van der Waals surface area contributed by atoms with Crippen LogP contribution in [0, 0.1) is 12.8 Å². The van der Waals surface area contributed by atoms with Gasteiger partial charge in [-0.15, -0.1) is 0 Å². The number of hydrogen-bond donors (Lipinski definition) is 1. The molecule has 1 aliphatic heterocycles. The Kier molecular flexibility index (Phi) is 5.41. The minimum atomic E-state index is -3.34. The molecule has 21 heavy (non-hydrogen) atoms. The number of aryl methyl sites for hydroxylation is 1. The van der Waals surface area contributed by atoms with Crippen LogP contribution in [0.5, 0.6) is 0 Å². The second-order valence-corrected chi connectivity index (χ2v) is 7.96. The van der Waals surface area contributed by atoms with Gasteiger partial charge in [-0.25, -0.2) is 8.42 Å². The molecule has 1 aromatic rings. The van der Waals surface area contributed by atoms with Crippen molar-refractivity contribution in [2.75, 3.05) is 19.6 Å². The quantitative estimate of drug-likeness (QED) is 0.821. The summed E-state index contributed by atoms with van der Waals surface area (Å²) < 4.78 is 27.0. The molecule has 5 heteroatoms. The van der Waals surface area contributed by atoms with Gasteiger partial charge in [-0.2, -0.15) is 4.31 Å². The van der Waals surface area contributed by atoms with E-state index in [0.29, 0.717) is 23.9 Å². The standard InChI is InChI=1S/C16H26N2O2S/c1-4-8-17-11-15-10-16(6-5-14(15)3)21(19,20)18-9-7-13(2)12-18/h5-6,10,13,17H,4,7-9,11-12H2,1-3H3. The third kappa shape index (κ3) is 3.84. The lowest BCUT2D eigenvalue weighted by Crippen LogP contribution is -2.29. The van der Waals surface area contributed by atoms with E-state index in [1.54, 1.807) is 10.4 Å². The van der Waals surface area contributed by atoms with Gasteiger partial charge in [0, 0.05) is 19.6 Å². The Morgan fingerprint density at radius 3 is 2.76 bits per heavy atom. The molecule has 0 radical (unpaired) electrons. The highest BCUT2D eigenvalue weighted by atomic mass is 32.2. The van der Waals surface area contributed by atoms with Crippen molar-refractivity contribution in [1.82, 2.24) is 9.62 Å². The summed E-state index contributed by atoms with van der Waals surface area (Å²) in [5, 5.41) is 3.34. The molecule has 1 unspecified atom stereocenters. The second kappa shape index (κ2) is 6.90. The van der Waals surface area contributed by atoms with Gasteiger partial charge in [-0.05, 0) is 55.5 Å². The molecular formula is C16H26N2O2S. The van der Waals surface area contributed by atoms with E-state index in [1.807, 2.05) is 19.1 Å². The summed E-state index contributed by atoms with van der Waals surface area (Å²) in [7, 11) is -3.34. The number of hydrogen-bond acceptors (Lipinski definition) is 3.